The molecule has 84 valence electrons. The minimum Gasteiger partial charge on any atom is -0.461 e. The van der Waals surface area contributed by atoms with E-state index in [1.807, 2.05) is 6.07 Å². The fraction of sp³-hybridized carbons (Fsp3) is 0.545. The van der Waals surface area contributed by atoms with Gasteiger partial charge in [-0.25, -0.2) is 4.98 Å². The molecule has 1 aliphatic heterocycles. The average Bonchev–Trinajstić information content (AvgIpc) is 2.78. The second kappa shape index (κ2) is 4.90. The van der Waals surface area contributed by atoms with Crippen LogP contribution >= 0.6 is 0 Å². The molecule has 2 rings (SSSR count). The van der Waals surface area contributed by atoms with E-state index in [1.165, 1.54) is 0 Å². The van der Waals surface area contributed by atoms with E-state index in [0.29, 0.717) is 12.3 Å². The van der Waals surface area contributed by atoms with Gasteiger partial charge in [-0.3, -0.25) is 0 Å². The molecule has 1 aliphatic rings. The molecule has 0 spiro atoms. The van der Waals surface area contributed by atoms with Crippen molar-refractivity contribution in [2.24, 2.45) is 0 Å². The van der Waals surface area contributed by atoms with E-state index in [4.69, 9.17) is 14.7 Å². The highest BCUT2D eigenvalue weighted by Crippen LogP contribution is 2.13. The number of nitriles is 1. The van der Waals surface area contributed by atoms with Crippen molar-refractivity contribution in [2.75, 3.05) is 13.2 Å². The van der Waals surface area contributed by atoms with Gasteiger partial charge in [0.25, 0.3) is 0 Å². The van der Waals surface area contributed by atoms with E-state index in [-0.39, 0.29) is 12.1 Å². The summed E-state index contributed by atoms with van der Waals surface area (Å²) < 4.78 is 10.8. The van der Waals surface area contributed by atoms with Crippen molar-refractivity contribution in [3.8, 4) is 12.1 Å². The van der Waals surface area contributed by atoms with Crippen LogP contribution in [0.2, 0.25) is 0 Å². The quantitative estimate of drug-likeness (QED) is 0.764. The summed E-state index contributed by atoms with van der Waals surface area (Å²) in [5.74, 6) is 0. The molecule has 16 heavy (non-hydrogen) atoms. The summed E-state index contributed by atoms with van der Waals surface area (Å²) >= 11 is 0. The van der Waals surface area contributed by atoms with Gasteiger partial charge in [-0.2, -0.15) is 10.2 Å². The Morgan fingerprint density at radius 2 is 2.50 bits per heavy atom. The molecule has 0 aromatic carbocycles. The van der Waals surface area contributed by atoms with Gasteiger partial charge >= 0.3 is 6.01 Å². The van der Waals surface area contributed by atoms with Crippen molar-refractivity contribution in [1.82, 2.24) is 9.97 Å². The Hall–Kier alpha value is -1.67. The van der Waals surface area contributed by atoms with Crippen LogP contribution in [-0.4, -0.2) is 29.3 Å². The van der Waals surface area contributed by atoms with Crippen LogP contribution in [0.25, 0.3) is 0 Å². The van der Waals surface area contributed by atoms with Gasteiger partial charge in [-0.1, -0.05) is 0 Å². The lowest BCUT2D eigenvalue weighted by Crippen LogP contribution is -2.17. The Kier molecular flexibility index (Phi) is 3.32. The first-order valence-electron chi connectivity index (χ1n) is 5.28. The van der Waals surface area contributed by atoms with E-state index < -0.39 is 0 Å². The summed E-state index contributed by atoms with van der Waals surface area (Å²) in [6.45, 7) is 3.06. The van der Waals surface area contributed by atoms with Gasteiger partial charge in [-0.05, 0) is 25.8 Å². The van der Waals surface area contributed by atoms with Crippen molar-refractivity contribution < 1.29 is 9.47 Å². The Balaban J connectivity index is 1.98. The van der Waals surface area contributed by atoms with E-state index in [2.05, 4.69) is 9.97 Å². The van der Waals surface area contributed by atoms with Crippen LogP contribution in [0.3, 0.4) is 0 Å². The summed E-state index contributed by atoms with van der Waals surface area (Å²) in [5, 5.41) is 8.75. The van der Waals surface area contributed by atoms with Crippen LogP contribution in [-0.2, 0) is 4.74 Å². The lowest BCUT2D eigenvalue weighted by molar-refractivity contribution is 0.0644. The number of ether oxygens (including phenoxy) is 2. The first-order chi connectivity index (χ1) is 7.78. The zero-order chi connectivity index (χ0) is 11.4. The van der Waals surface area contributed by atoms with Crippen LogP contribution in [0.15, 0.2) is 6.07 Å². The zero-order valence-corrected chi connectivity index (χ0v) is 9.14. The summed E-state index contributed by atoms with van der Waals surface area (Å²) in [4.78, 5) is 8.07. The first-order valence-corrected chi connectivity index (χ1v) is 5.28. The molecule has 2 heterocycles. The van der Waals surface area contributed by atoms with Crippen molar-refractivity contribution >= 4 is 0 Å². The van der Waals surface area contributed by atoms with Crippen molar-refractivity contribution in [3.05, 3.63) is 17.5 Å². The zero-order valence-electron chi connectivity index (χ0n) is 9.14. The maximum atomic E-state index is 8.75. The largest absolute Gasteiger partial charge is 0.461 e. The normalized spacial score (nSPS) is 19.4. The number of hydrogen-bond donors (Lipinski definition) is 0. The standard InChI is InChI=1S/C11H13N3O2/c1-8-5-9(6-12)14-11(13-8)16-7-10-3-2-4-15-10/h5,10H,2-4,7H2,1H3. The molecule has 5 nitrogen and oxygen atoms in total. The number of aryl methyl sites for hydroxylation is 1. The number of aromatic nitrogens is 2. The van der Waals surface area contributed by atoms with Gasteiger partial charge in [0.15, 0.2) is 0 Å². The molecule has 1 unspecified atom stereocenters. The predicted molar refractivity (Wildman–Crippen MR) is 56.0 cm³/mol. The molecule has 0 saturated carbocycles. The van der Waals surface area contributed by atoms with E-state index in [9.17, 15) is 0 Å². The second-order valence-corrected chi connectivity index (χ2v) is 3.73. The molecule has 0 bridgehead atoms. The van der Waals surface area contributed by atoms with Gasteiger partial charge in [0, 0.05) is 12.3 Å². The highest BCUT2D eigenvalue weighted by Gasteiger charge is 2.16. The van der Waals surface area contributed by atoms with Crippen molar-refractivity contribution in [1.29, 1.82) is 5.26 Å². The molecule has 1 saturated heterocycles. The molecular formula is C11H13N3O2. The van der Waals surface area contributed by atoms with Gasteiger partial charge in [0.05, 0.1) is 6.10 Å². The Morgan fingerprint density at radius 1 is 1.62 bits per heavy atom. The summed E-state index contributed by atoms with van der Waals surface area (Å²) in [6.07, 6.45) is 2.22. The van der Waals surface area contributed by atoms with Gasteiger partial charge in [0.2, 0.25) is 0 Å². The second-order valence-electron chi connectivity index (χ2n) is 3.73. The Bertz CT molecular complexity index is 408. The lowest BCUT2D eigenvalue weighted by Gasteiger charge is -2.10. The van der Waals surface area contributed by atoms with E-state index in [1.54, 1.807) is 13.0 Å². The van der Waals surface area contributed by atoms with Crippen molar-refractivity contribution in [2.45, 2.75) is 25.9 Å². The molecule has 1 atom stereocenters. The number of nitrogens with zero attached hydrogens (tertiary/aromatic N) is 3. The predicted octanol–water partition coefficient (Wildman–Crippen LogP) is 1.21. The average molecular weight is 219 g/mol. The van der Waals surface area contributed by atoms with E-state index >= 15 is 0 Å². The Morgan fingerprint density at radius 3 is 3.19 bits per heavy atom. The molecule has 1 aromatic rings. The van der Waals surface area contributed by atoms with Crippen LogP contribution in [0, 0.1) is 18.3 Å². The van der Waals surface area contributed by atoms with Crippen LogP contribution in [0.1, 0.15) is 24.2 Å². The number of hydrogen-bond acceptors (Lipinski definition) is 5. The maximum Gasteiger partial charge on any atom is 0.317 e. The fourth-order valence-corrected chi connectivity index (χ4v) is 1.61. The third-order valence-electron chi connectivity index (χ3n) is 2.37. The van der Waals surface area contributed by atoms with Gasteiger partial charge < -0.3 is 9.47 Å². The molecule has 1 aromatic heterocycles. The highest BCUT2D eigenvalue weighted by atomic mass is 16.5. The molecule has 0 radical (unpaired) electrons. The minimum atomic E-state index is 0.134. The SMILES string of the molecule is Cc1cc(C#N)nc(OCC2CCCO2)n1. The summed E-state index contributed by atoms with van der Waals surface area (Å²) in [6, 6.07) is 3.85. The lowest BCUT2D eigenvalue weighted by atomic mass is 10.2. The van der Waals surface area contributed by atoms with Crippen LogP contribution in [0.4, 0.5) is 0 Å². The maximum absolute atomic E-state index is 8.75. The highest BCUT2D eigenvalue weighted by molar-refractivity contribution is 5.23. The number of rotatable bonds is 3. The van der Waals surface area contributed by atoms with Gasteiger partial charge in [0.1, 0.15) is 18.4 Å². The molecular weight excluding hydrogens is 206 g/mol. The fourth-order valence-electron chi connectivity index (χ4n) is 1.61. The van der Waals surface area contributed by atoms with Crippen LogP contribution in [0.5, 0.6) is 6.01 Å². The monoisotopic (exact) mass is 219 g/mol. The topological polar surface area (TPSA) is 68.0 Å². The molecule has 1 fully saturated rings. The summed E-state index contributed by atoms with van der Waals surface area (Å²) in [5.41, 5.74) is 1.06. The smallest absolute Gasteiger partial charge is 0.317 e. The third kappa shape index (κ3) is 2.67. The molecule has 5 heteroatoms. The third-order valence-corrected chi connectivity index (χ3v) is 2.37. The van der Waals surface area contributed by atoms with E-state index in [0.717, 1.165) is 25.1 Å². The van der Waals surface area contributed by atoms with Crippen LogP contribution < -0.4 is 4.74 Å². The molecule has 0 aliphatic carbocycles. The van der Waals surface area contributed by atoms with Gasteiger partial charge in [-0.15, -0.1) is 0 Å². The molecule has 0 N–H and O–H groups in total. The summed E-state index contributed by atoms with van der Waals surface area (Å²) in [7, 11) is 0. The Labute approximate surface area is 94.0 Å². The first kappa shape index (κ1) is 10.8. The van der Waals surface area contributed by atoms with Crippen molar-refractivity contribution in [3.63, 3.8) is 0 Å². The molecule has 0 amide bonds. The minimum absolute atomic E-state index is 0.134.